The number of nitrogens with two attached hydrogens (primary N) is 1. The Morgan fingerprint density at radius 2 is 2.06 bits per heavy atom. The molecule has 0 aliphatic rings. The molecule has 2 N–H and O–H groups in total. The highest BCUT2D eigenvalue weighted by Gasteiger charge is 2.30. The Hall–Kier alpha value is -1.54. The maximum absolute atomic E-state index is 12.4. The topological polar surface area (TPSA) is 49.8 Å². The quantitative estimate of drug-likeness (QED) is 0.864. The van der Waals surface area contributed by atoms with E-state index < -0.39 is 17.8 Å². The number of nitrogens with zero attached hydrogens (tertiary/aromatic N) is 1. The minimum Gasteiger partial charge on any atom is -0.324 e. The highest BCUT2D eigenvalue weighted by molar-refractivity contribution is 5.27. The van der Waals surface area contributed by atoms with Crippen molar-refractivity contribution in [1.29, 1.82) is 5.26 Å². The number of rotatable bonds is 3. The molecule has 1 atom stereocenters. The van der Waals surface area contributed by atoms with Crippen molar-refractivity contribution in [2.24, 2.45) is 5.73 Å². The monoisotopic (exact) mass is 228 g/mol. The molecule has 1 aromatic carbocycles. The summed E-state index contributed by atoms with van der Waals surface area (Å²) in [5, 5.41) is 8.36. The average Bonchev–Trinajstić information content (AvgIpc) is 2.25. The van der Waals surface area contributed by atoms with Gasteiger partial charge in [-0.05, 0) is 24.1 Å². The Labute approximate surface area is 91.5 Å². The zero-order chi connectivity index (χ0) is 12.2. The van der Waals surface area contributed by atoms with Crippen molar-refractivity contribution in [1.82, 2.24) is 0 Å². The summed E-state index contributed by atoms with van der Waals surface area (Å²) >= 11 is 0. The molecular formula is C11H11F3N2. The van der Waals surface area contributed by atoms with Crippen LogP contribution in [-0.2, 0) is 6.18 Å². The van der Waals surface area contributed by atoms with Gasteiger partial charge in [0.1, 0.15) is 0 Å². The average molecular weight is 228 g/mol. The van der Waals surface area contributed by atoms with Crippen LogP contribution in [0.2, 0.25) is 0 Å². The smallest absolute Gasteiger partial charge is 0.324 e. The van der Waals surface area contributed by atoms with Gasteiger partial charge in [0, 0.05) is 12.5 Å². The Balaban J connectivity index is 2.87. The second-order valence-electron chi connectivity index (χ2n) is 3.43. The lowest BCUT2D eigenvalue weighted by atomic mass is 10.0. The van der Waals surface area contributed by atoms with E-state index >= 15 is 0 Å². The van der Waals surface area contributed by atoms with E-state index in [2.05, 4.69) is 0 Å². The molecule has 0 fully saturated rings. The van der Waals surface area contributed by atoms with Crippen LogP contribution in [0.5, 0.6) is 0 Å². The van der Waals surface area contributed by atoms with Crippen LogP contribution >= 0.6 is 0 Å². The lowest BCUT2D eigenvalue weighted by Gasteiger charge is -2.13. The molecule has 0 saturated heterocycles. The molecule has 0 aromatic heterocycles. The van der Waals surface area contributed by atoms with Crippen LogP contribution in [0.4, 0.5) is 13.2 Å². The number of hydrogen-bond donors (Lipinski definition) is 1. The van der Waals surface area contributed by atoms with Gasteiger partial charge in [-0.25, -0.2) is 0 Å². The highest BCUT2D eigenvalue weighted by Crippen LogP contribution is 2.30. The van der Waals surface area contributed by atoms with Gasteiger partial charge in [-0.2, -0.15) is 18.4 Å². The molecule has 0 radical (unpaired) electrons. The zero-order valence-corrected chi connectivity index (χ0v) is 8.46. The first-order chi connectivity index (χ1) is 7.45. The van der Waals surface area contributed by atoms with Gasteiger partial charge in [-0.1, -0.05) is 12.1 Å². The van der Waals surface area contributed by atoms with E-state index in [1.165, 1.54) is 12.1 Å². The largest absolute Gasteiger partial charge is 0.416 e. The molecule has 5 heteroatoms. The molecule has 16 heavy (non-hydrogen) atoms. The summed E-state index contributed by atoms with van der Waals surface area (Å²) in [6, 6.07) is 6.28. The van der Waals surface area contributed by atoms with Gasteiger partial charge < -0.3 is 5.73 Å². The lowest BCUT2D eigenvalue weighted by molar-refractivity contribution is -0.137. The van der Waals surface area contributed by atoms with Gasteiger partial charge in [0.25, 0.3) is 0 Å². The number of alkyl halides is 3. The molecule has 0 aliphatic carbocycles. The van der Waals surface area contributed by atoms with Gasteiger partial charge in [0.05, 0.1) is 11.6 Å². The fourth-order valence-electron chi connectivity index (χ4n) is 1.33. The zero-order valence-electron chi connectivity index (χ0n) is 8.46. The first-order valence-electron chi connectivity index (χ1n) is 4.75. The summed E-state index contributed by atoms with van der Waals surface area (Å²) in [7, 11) is 0. The van der Waals surface area contributed by atoms with Crippen LogP contribution in [0.25, 0.3) is 0 Å². The summed E-state index contributed by atoms with van der Waals surface area (Å²) in [6.07, 6.45) is -3.76. The van der Waals surface area contributed by atoms with Gasteiger partial charge in [0.2, 0.25) is 0 Å². The van der Waals surface area contributed by atoms with Crippen LogP contribution in [0.15, 0.2) is 24.3 Å². The second-order valence-corrected chi connectivity index (χ2v) is 3.43. The molecular weight excluding hydrogens is 217 g/mol. The van der Waals surface area contributed by atoms with Gasteiger partial charge in [-0.3, -0.25) is 0 Å². The molecule has 86 valence electrons. The third-order valence-corrected chi connectivity index (χ3v) is 2.21. The Kier molecular flexibility index (Phi) is 3.91. The van der Waals surface area contributed by atoms with Crippen molar-refractivity contribution < 1.29 is 13.2 Å². The number of halogens is 3. The third-order valence-electron chi connectivity index (χ3n) is 2.21. The predicted molar refractivity (Wildman–Crippen MR) is 53.2 cm³/mol. The Bertz CT molecular complexity index is 393. The van der Waals surface area contributed by atoms with E-state index in [1.807, 2.05) is 6.07 Å². The molecule has 0 aliphatic heterocycles. The van der Waals surface area contributed by atoms with E-state index in [9.17, 15) is 13.2 Å². The summed E-state index contributed by atoms with van der Waals surface area (Å²) < 4.78 is 37.2. The highest BCUT2D eigenvalue weighted by atomic mass is 19.4. The van der Waals surface area contributed by atoms with Crippen molar-refractivity contribution in [2.45, 2.75) is 25.1 Å². The van der Waals surface area contributed by atoms with Crippen LogP contribution in [0.1, 0.15) is 30.0 Å². The minimum absolute atomic E-state index is 0.234. The molecule has 1 unspecified atom stereocenters. The maximum Gasteiger partial charge on any atom is 0.416 e. The number of hydrogen-bond acceptors (Lipinski definition) is 2. The molecule has 2 nitrogen and oxygen atoms in total. The van der Waals surface area contributed by atoms with Gasteiger partial charge in [-0.15, -0.1) is 0 Å². The van der Waals surface area contributed by atoms with E-state index in [-0.39, 0.29) is 6.42 Å². The van der Waals surface area contributed by atoms with Crippen LogP contribution in [-0.4, -0.2) is 0 Å². The van der Waals surface area contributed by atoms with Crippen molar-refractivity contribution in [3.8, 4) is 6.07 Å². The molecule has 0 spiro atoms. The Morgan fingerprint density at radius 1 is 1.38 bits per heavy atom. The molecule has 0 heterocycles. The van der Waals surface area contributed by atoms with Gasteiger partial charge in [0.15, 0.2) is 0 Å². The summed E-state index contributed by atoms with van der Waals surface area (Å²) in [4.78, 5) is 0. The summed E-state index contributed by atoms with van der Waals surface area (Å²) in [5.74, 6) is 0. The van der Waals surface area contributed by atoms with Crippen molar-refractivity contribution in [3.63, 3.8) is 0 Å². The number of benzene rings is 1. The van der Waals surface area contributed by atoms with Crippen LogP contribution < -0.4 is 5.73 Å². The number of nitriles is 1. The first kappa shape index (κ1) is 12.5. The fourth-order valence-corrected chi connectivity index (χ4v) is 1.33. The SMILES string of the molecule is N#CCCC(N)c1cccc(C(F)(F)F)c1. The molecule has 0 bridgehead atoms. The maximum atomic E-state index is 12.4. The summed E-state index contributed by atoms with van der Waals surface area (Å²) in [5.41, 5.74) is 5.37. The molecule has 1 aromatic rings. The van der Waals surface area contributed by atoms with Crippen LogP contribution in [0.3, 0.4) is 0 Å². The second kappa shape index (κ2) is 4.99. The lowest BCUT2D eigenvalue weighted by Crippen LogP contribution is -2.12. The van der Waals surface area contributed by atoms with Crippen LogP contribution in [0, 0.1) is 11.3 Å². The minimum atomic E-state index is -4.36. The van der Waals surface area contributed by atoms with E-state index in [0.29, 0.717) is 12.0 Å². The van der Waals surface area contributed by atoms with E-state index in [1.54, 1.807) is 0 Å². The predicted octanol–water partition coefficient (Wildman–Crippen LogP) is 3.01. The fraction of sp³-hybridized carbons (Fsp3) is 0.364. The van der Waals surface area contributed by atoms with E-state index in [0.717, 1.165) is 12.1 Å². The Morgan fingerprint density at radius 3 is 2.62 bits per heavy atom. The van der Waals surface area contributed by atoms with Crippen molar-refractivity contribution >= 4 is 0 Å². The first-order valence-corrected chi connectivity index (χ1v) is 4.75. The summed E-state index contributed by atoms with van der Waals surface area (Å²) in [6.45, 7) is 0. The molecule has 1 rings (SSSR count). The normalized spacial score (nSPS) is 13.2. The van der Waals surface area contributed by atoms with Gasteiger partial charge >= 0.3 is 6.18 Å². The molecule has 0 amide bonds. The standard InChI is InChI=1S/C11H11F3N2/c12-11(13,14)9-4-1-3-8(7-9)10(16)5-2-6-15/h1,3-4,7,10H,2,5,16H2. The van der Waals surface area contributed by atoms with Crippen molar-refractivity contribution in [2.75, 3.05) is 0 Å². The molecule has 0 saturated carbocycles. The van der Waals surface area contributed by atoms with Crippen molar-refractivity contribution in [3.05, 3.63) is 35.4 Å². The third kappa shape index (κ3) is 3.24. The van der Waals surface area contributed by atoms with E-state index in [4.69, 9.17) is 11.0 Å².